The SMILES string of the molecule is O=C(O)c1cccc(CNCC(c2cccc(Cl)c2)N2CCCC2)c1. The van der Waals surface area contributed by atoms with Crippen molar-refractivity contribution in [1.82, 2.24) is 10.2 Å². The van der Waals surface area contributed by atoms with E-state index in [1.165, 1.54) is 18.4 Å². The van der Waals surface area contributed by atoms with Gasteiger partial charge in [0.15, 0.2) is 0 Å². The van der Waals surface area contributed by atoms with E-state index in [0.29, 0.717) is 12.1 Å². The second-order valence-electron chi connectivity index (χ2n) is 6.45. The zero-order valence-electron chi connectivity index (χ0n) is 14.1. The fraction of sp³-hybridized carbons (Fsp3) is 0.350. The van der Waals surface area contributed by atoms with Crippen LogP contribution in [0.3, 0.4) is 0 Å². The molecule has 0 amide bonds. The molecule has 2 N–H and O–H groups in total. The summed E-state index contributed by atoms with van der Waals surface area (Å²) in [5.41, 5.74) is 2.53. The molecule has 1 fully saturated rings. The highest BCUT2D eigenvalue weighted by atomic mass is 35.5. The van der Waals surface area contributed by atoms with Crippen molar-refractivity contribution in [3.8, 4) is 0 Å². The van der Waals surface area contributed by atoms with Crippen molar-refractivity contribution in [3.05, 3.63) is 70.2 Å². The fourth-order valence-electron chi connectivity index (χ4n) is 3.39. The third kappa shape index (κ3) is 4.82. The van der Waals surface area contributed by atoms with Gasteiger partial charge in [-0.3, -0.25) is 4.90 Å². The Hall–Kier alpha value is -1.88. The minimum Gasteiger partial charge on any atom is -0.478 e. The Kier molecular flexibility index (Phi) is 6.08. The summed E-state index contributed by atoms with van der Waals surface area (Å²) in [6, 6.07) is 15.4. The molecular weight excluding hydrogens is 336 g/mol. The number of rotatable bonds is 7. The molecule has 0 radical (unpaired) electrons. The van der Waals surface area contributed by atoms with Crippen molar-refractivity contribution < 1.29 is 9.90 Å². The van der Waals surface area contributed by atoms with Gasteiger partial charge in [0.2, 0.25) is 0 Å². The average Bonchev–Trinajstić information content (AvgIpc) is 3.13. The van der Waals surface area contributed by atoms with Gasteiger partial charge in [0.25, 0.3) is 0 Å². The highest BCUT2D eigenvalue weighted by Crippen LogP contribution is 2.26. The molecule has 0 bridgehead atoms. The molecule has 2 aromatic rings. The second-order valence-corrected chi connectivity index (χ2v) is 6.89. The van der Waals surface area contributed by atoms with Crippen LogP contribution in [0.4, 0.5) is 0 Å². The highest BCUT2D eigenvalue weighted by Gasteiger charge is 2.23. The van der Waals surface area contributed by atoms with Gasteiger partial charge in [-0.2, -0.15) is 0 Å². The van der Waals surface area contributed by atoms with Gasteiger partial charge in [0, 0.05) is 24.2 Å². The largest absolute Gasteiger partial charge is 0.478 e. The van der Waals surface area contributed by atoms with E-state index in [4.69, 9.17) is 16.7 Å². The maximum absolute atomic E-state index is 11.1. The lowest BCUT2D eigenvalue weighted by Crippen LogP contribution is -2.34. The van der Waals surface area contributed by atoms with E-state index < -0.39 is 5.97 Å². The summed E-state index contributed by atoms with van der Waals surface area (Å²) in [5, 5.41) is 13.3. The van der Waals surface area contributed by atoms with Gasteiger partial charge < -0.3 is 10.4 Å². The van der Waals surface area contributed by atoms with Crippen LogP contribution in [-0.2, 0) is 6.54 Å². The summed E-state index contributed by atoms with van der Waals surface area (Å²) in [6.45, 7) is 3.66. The van der Waals surface area contributed by atoms with Crippen LogP contribution in [-0.4, -0.2) is 35.6 Å². The van der Waals surface area contributed by atoms with Crippen LogP contribution in [0.15, 0.2) is 48.5 Å². The Morgan fingerprint density at radius 3 is 2.64 bits per heavy atom. The molecule has 1 aliphatic heterocycles. The van der Waals surface area contributed by atoms with Crippen molar-refractivity contribution in [2.75, 3.05) is 19.6 Å². The maximum atomic E-state index is 11.1. The van der Waals surface area contributed by atoms with Crippen LogP contribution >= 0.6 is 11.6 Å². The van der Waals surface area contributed by atoms with Gasteiger partial charge in [-0.15, -0.1) is 0 Å². The van der Waals surface area contributed by atoms with Gasteiger partial charge in [0.05, 0.1) is 5.56 Å². The predicted molar refractivity (Wildman–Crippen MR) is 100 cm³/mol. The number of carboxylic acid groups (broad SMARTS) is 1. The molecule has 4 nitrogen and oxygen atoms in total. The molecule has 0 saturated carbocycles. The van der Waals surface area contributed by atoms with E-state index in [1.54, 1.807) is 18.2 Å². The van der Waals surface area contributed by atoms with E-state index >= 15 is 0 Å². The smallest absolute Gasteiger partial charge is 0.335 e. The quantitative estimate of drug-likeness (QED) is 0.786. The van der Waals surface area contributed by atoms with Gasteiger partial charge in [-0.1, -0.05) is 35.9 Å². The summed E-state index contributed by atoms with van der Waals surface area (Å²) >= 11 is 6.18. The first-order valence-electron chi connectivity index (χ1n) is 8.66. The van der Waals surface area contributed by atoms with Crippen LogP contribution < -0.4 is 5.32 Å². The molecule has 1 heterocycles. The third-order valence-corrected chi connectivity index (χ3v) is 4.89. The first-order chi connectivity index (χ1) is 12.1. The molecule has 1 atom stereocenters. The van der Waals surface area contributed by atoms with Gasteiger partial charge in [-0.25, -0.2) is 4.79 Å². The zero-order chi connectivity index (χ0) is 17.6. The first-order valence-corrected chi connectivity index (χ1v) is 9.04. The number of carboxylic acids is 1. The van der Waals surface area contributed by atoms with Gasteiger partial charge in [-0.05, 0) is 61.3 Å². The number of nitrogens with zero attached hydrogens (tertiary/aromatic N) is 1. The maximum Gasteiger partial charge on any atom is 0.335 e. The van der Waals surface area contributed by atoms with Crippen molar-refractivity contribution in [3.63, 3.8) is 0 Å². The Morgan fingerprint density at radius 2 is 1.92 bits per heavy atom. The molecule has 0 aliphatic carbocycles. The predicted octanol–water partition coefficient (Wildman–Crippen LogP) is 3.96. The minimum atomic E-state index is -0.893. The summed E-state index contributed by atoms with van der Waals surface area (Å²) in [7, 11) is 0. The van der Waals surface area contributed by atoms with E-state index in [-0.39, 0.29) is 6.04 Å². The van der Waals surface area contributed by atoms with Crippen LogP contribution in [0.2, 0.25) is 5.02 Å². The normalized spacial score (nSPS) is 16.0. The summed E-state index contributed by atoms with van der Waals surface area (Å²) in [4.78, 5) is 13.6. The Balaban J connectivity index is 1.66. The second kappa shape index (κ2) is 8.48. The standard InChI is InChI=1S/C20H23ClN2O2/c21-18-8-4-6-16(12-18)19(23-9-1-2-10-23)14-22-13-15-5-3-7-17(11-15)20(24)25/h3-8,11-12,19,22H,1-2,9-10,13-14H2,(H,24,25). The number of aromatic carboxylic acids is 1. The molecule has 132 valence electrons. The van der Waals surface area contributed by atoms with Crippen molar-refractivity contribution >= 4 is 17.6 Å². The van der Waals surface area contributed by atoms with Crippen LogP contribution in [0.25, 0.3) is 0 Å². The van der Waals surface area contributed by atoms with E-state index in [2.05, 4.69) is 16.3 Å². The monoisotopic (exact) mass is 358 g/mol. The Morgan fingerprint density at radius 1 is 1.16 bits per heavy atom. The number of nitrogens with one attached hydrogen (secondary N) is 1. The molecule has 1 saturated heterocycles. The highest BCUT2D eigenvalue weighted by molar-refractivity contribution is 6.30. The Labute approximate surface area is 153 Å². The number of carbonyl (C=O) groups is 1. The molecule has 1 aliphatic rings. The lowest BCUT2D eigenvalue weighted by atomic mass is 10.1. The van der Waals surface area contributed by atoms with Gasteiger partial charge in [0.1, 0.15) is 0 Å². The number of benzene rings is 2. The minimum absolute atomic E-state index is 0.281. The fourth-order valence-corrected chi connectivity index (χ4v) is 3.59. The van der Waals surface area contributed by atoms with Crippen LogP contribution in [0.1, 0.15) is 40.4 Å². The molecule has 1 unspecified atom stereocenters. The van der Waals surface area contributed by atoms with Crippen molar-refractivity contribution in [2.45, 2.75) is 25.4 Å². The third-order valence-electron chi connectivity index (χ3n) is 4.66. The topological polar surface area (TPSA) is 52.6 Å². The van der Waals surface area contributed by atoms with E-state index in [1.807, 2.05) is 24.3 Å². The number of likely N-dealkylation sites (tertiary alicyclic amines) is 1. The summed E-state index contributed by atoms with van der Waals surface area (Å²) in [5.74, 6) is -0.893. The van der Waals surface area contributed by atoms with E-state index in [0.717, 1.165) is 30.2 Å². The van der Waals surface area contributed by atoms with Crippen LogP contribution in [0, 0.1) is 0 Å². The Bertz CT molecular complexity index is 729. The molecule has 3 rings (SSSR count). The molecule has 2 aromatic carbocycles. The van der Waals surface area contributed by atoms with Gasteiger partial charge >= 0.3 is 5.97 Å². The number of hydrogen-bond acceptors (Lipinski definition) is 3. The van der Waals surface area contributed by atoms with Crippen molar-refractivity contribution in [2.24, 2.45) is 0 Å². The molecule has 0 aromatic heterocycles. The van der Waals surface area contributed by atoms with E-state index in [9.17, 15) is 4.79 Å². The van der Waals surface area contributed by atoms with Crippen molar-refractivity contribution in [1.29, 1.82) is 0 Å². The van der Waals surface area contributed by atoms with Crippen LogP contribution in [0.5, 0.6) is 0 Å². The summed E-state index contributed by atoms with van der Waals surface area (Å²) < 4.78 is 0. The molecular formula is C20H23ClN2O2. The summed E-state index contributed by atoms with van der Waals surface area (Å²) in [6.07, 6.45) is 2.47. The first kappa shape index (κ1) is 17.9. The molecule has 0 spiro atoms. The lowest BCUT2D eigenvalue weighted by Gasteiger charge is -2.28. The number of hydrogen-bond donors (Lipinski definition) is 2. The molecule has 25 heavy (non-hydrogen) atoms. The zero-order valence-corrected chi connectivity index (χ0v) is 14.9. The average molecular weight is 359 g/mol. The number of halogens is 1. The lowest BCUT2D eigenvalue weighted by molar-refractivity contribution is 0.0696. The molecule has 5 heteroatoms.